The second-order valence-electron chi connectivity index (χ2n) is 7.43. The number of carboxylic acid groups (broad SMARTS) is 1. The molecule has 0 saturated heterocycles. The molecule has 2 heterocycles. The lowest BCUT2D eigenvalue weighted by Crippen LogP contribution is -2.34. The van der Waals surface area contributed by atoms with Crippen molar-refractivity contribution in [1.29, 1.82) is 0 Å². The average Bonchev–Trinajstić information content (AvgIpc) is 3.09. The SMILES string of the molecule is Cc1cc(Br)cc(N(CC(C)C)C(=O)O)c1NC(=O)c1cc(Br)nn1-c1ncccc1Cl. The number of nitrogens with one attached hydrogen (secondary N) is 1. The molecule has 0 aliphatic rings. The van der Waals surface area contributed by atoms with E-state index in [1.165, 1.54) is 15.6 Å². The number of amides is 2. The zero-order chi connectivity index (χ0) is 23.6. The summed E-state index contributed by atoms with van der Waals surface area (Å²) < 4.78 is 2.45. The van der Waals surface area contributed by atoms with Crippen molar-refractivity contribution in [2.24, 2.45) is 5.92 Å². The van der Waals surface area contributed by atoms with Crippen LogP contribution in [0.15, 0.2) is 45.6 Å². The predicted octanol–water partition coefficient (Wildman–Crippen LogP) is 6.15. The molecule has 2 N–H and O–H groups in total. The van der Waals surface area contributed by atoms with Gasteiger partial charge in [-0.2, -0.15) is 5.10 Å². The second-order valence-corrected chi connectivity index (χ2v) is 9.57. The van der Waals surface area contributed by atoms with Gasteiger partial charge < -0.3 is 10.4 Å². The summed E-state index contributed by atoms with van der Waals surface area (Å²) in [6, 6.07) is 8.34. The molecule has 0 fully saturated rings. The molecule has 0 atom stereocenters. The van der Waals surface area contributed by atoms with Crippen molar-refractivity contribution >= 4 is 66.8 Å². The third-order valence-corrected chi connectivity index (χ3v) is 5.58. The fourth-order valence-electron chi connectivity index (χ4n) is 3.13. The van der Waals surface area contributed by atoms with Gasteiger partial charge in [0.1, 0.15) is 10.3 Å². The van der Waals surface area contributed by atoms with Crippen LogP contribution in [-0.4, -0.2) is 38.4 Å². The largest absolute Gasteiger partial charge is 0.465 e. The van der Waals surface area contributed by atoms with Gasteiger partial charge in [-0.1, -0.05) is 41.4 Å². The van der Waals surface area contributed by atoms with Crippen molar-refractivity contribution < 1.29 is 14.7 Å². The van der Waals surface area contributed by atoms with Crippen LogP contribution in [0.2, 0.25) is 5.02 Å². The number of hydrogen-bond acceptors (Lipinski definition) is 4. The Kier molecular flexibility index (Phi) is 7.58. The monoisotopic (exact) mass is 583 g/mol. The summed E-state index contributed by atoms with van der Waals surface area (Å²) in [5.41, 5.74) is 1.62. The molecule has 0 aliphatic carbocycles. The van der Waals surface area contributed by atoms with Gasteiger partial charge in [0, 0.05) is 23.3 Å². The molecule has 0 radical (unpaired) electrons. The van der Waals surface area contributed by atoms with E-state index in [0.717, 1.165) is 0 Å². The lowest BCUT2D eigenvalue weighted by Gasteiger charge is -2.25. The first-order valence-corrected chi connectivity index (χ1v) is 11.5. The first-order chi connectivity index (χ1) is 15.1. The number of aryl methyl sites for hydroxylation is 1. The van der Waals surface area contributed by atoms with Gasteiger partial charge in [0.25, 0.3) is 5.91 Å². The predicted molar refractivity (Wildman–Crippen MR) is 131 cm³/mol. The second kappa shape index (κ2) is 10.0. The van der Waals surface area contributed by atoms with Crippen LogP contribution >= 0.6 is 43.5 Å². The molecule has 8 nitrogen and oxygen atoms in total. The number of pyridine rings is 1. The van der Waals surface area contributed by atoms with E-state index >= 15 is 0 Å². The van der Waals surface area contributed by atoms with Crippen molar-refractivity contribution in [3.05, 3.63) is 61.9 Å². The van der Waals surface area contributed by atoms with Crippen molar-refractivity contribution in [3.63, 3.8) is 0 Å². The van der Waals surface area contributed by atoms with Gasteiger partial charge in [-0.25, -0.2) is 14.5 Å². The Bertz CT molecular complexity index is 1180. The van der Waals surface area contributed by atoms with Gasteiger partial charge >= 0.3 is 6.09 Å². The Morgan fingerprint density at radius 3 is 2.62 bits per heavy atom. The van der Waals surface area contributed by atoms with Crippen LogP contribution < -0.4 is 10.2 Å². The fraction of sp³-hybridized carbons (Fsp3) is 0.238. The fourth-order valence-corrected chi connectivity index (χ4v) is 4.27. The smallest absolute Gasteiger partial charge is 0.411 e. The molecule has 168 valence electrons. The third kappa shape index (κ3) is 5.31. The first-order valence-electron chi connectivity index (χ1n) is 9.57. The van der Waals surface area contributed by atoms with E-state index in [1.807, 2.05) is 13.8 Å². The van der Waals surface area contributed by atoms with Crippen LogP contribution in [0.4, 0.5) is 16.2 Å². The maximum Gasteiger partial charge on any atom is 0.411 e. The van der Waals surface area contributed by atoms with Crippen LogP contribution in [0.1, 0.15) is 29.9 Å². The number of halogens is 3. The maximum absolute atomic E-state index is 13.3. The Hall–Kier alpha value is -2.43. The quantitative estimate of drug-likeness (QED) is 0.362. The molecule has 32 heavy (non-hydrogen) atoms. The van der Waals surface area contributed by atoms with Crippen molar-refractivity contribution in [2.75, 3.05) is 16.8 Å². The zero-order valence-electron chi connectivity index (χ0n) is 17.4. The number of carbonyl (C=O) groups is 2. The number of benzene rings is 1. The first kappa shape index (κ1) is 24.2. The Labute approximate surface area is 206 Å². The highest BCUT2D eigenvalue weighted by molar-refractivity contribution is 9.10. The standard InChI is InChI=1S/C21H20Br2ClN5O3/c1-11(2)10-28(21(31)32)15-8-13(22)7-12(3)18(15)26-20(30)16-9-17(23)27-29(16)19-14(24)5-4-6-25-19/h4-9,11H,10H2,1-3H3,(H,26,30)(H,31,32). The summed E-state index contributed by atoms with van der Waals surface area (Å²) in [5.74, 6) is -0.117. The molecular weight excluding hydrogens is 566 g/mol. The number of hydrogen-bond donors (Lipinski definition) is 2. The zero-order valence-corrected chi connectivity index (χ0v) is 21.4. The van der Waals surface area contributed by atoms with Crippen molar-refractivity contribution in [2.45, 2.75) is 20.8 Å². The van der Waals surface area contributed by atoms with Crippen LogP contribution in [-0.2, 0) is 0 Å². The molecule has 2 aromatic heterocycles. The third-order valence-electron chi connectivity index (χ3n) is 4.44. The van der Waals surface area contributed by atoms with Crippen molar-refractivity contribution in [1.82, 2.24) is 14.8 Å². The van der Waals surface area contributed by atoms with E-state index in [0.29, 0.717) is 36.9 Å². The average molecular weight is 586 g/mol. The summed E-state index contributed by atoms with van der Waals surface area (Å²) >= 11 is 13.0. The molecule has 1 aromatic carbocycles. The normalized spacial score (nSPS) is 11.0. The van der Waals surface area contributed by atoms with Crippen molar-refractivity contribution in [3.8, 4) is 5.82 Å². The molecular formula is C21H20Br2ClN5O3. The number of aromatic nitrogens is 3. The molecule has 0 saturated carbocycles. The van der Waals surface area contributed by atoms with E-state index in [4.69, 9.17) is 11.6 Å². The molecule has 0 bridgehead atoms. The topological polar surface area (TPSA) is 100 Å². The highest BCUT2D eigenvalue weighted by Gasteiger charge is 2.24. The molecule has 0 spiro atoms. The number of rotatable bonds is 6. The number of nitrogens with zero attached hydrogens (tertiary/aromatic N) is 4. The summed E-state index contributed by atoms with van der Waals surface area (Å²) in [6.45, 7) is 5.90. The lowest BCUT2D eigenvalue weighted by atomic mass is 10.1. The molecule has 3 aromatic rings. The molecule has 0 aliphatic heterocycles. The Morgan fingerprint density at radius 1 is 1.28 bits per heavy atom. The molecule has 2 amide bonds. The molecule has 11 heteroatoms. The highest BCUT2D eigenvalue weighted by Crippen LogP contribution is 2.34. The Morgan fingerprint density at radius 2 is 2.00 bits per heavy atom. The van der Waals surface area contributed by atoms with E-state index in [9.17, 15) is 14.7 Å². The van der Waals surface area contributed by atoms with Gasteiger partial charge in [-0.15, -0.1) is 0 Å². The summed E-state index contributed by atoms with van der Waals surface area (Å²) in [7, 11) is 0. The van der Waals surface area contributed by atoms with Gasteiger partial charge in [-0.3, -0.25) is 9.69 Å². The van der Waals surface area contributed by atoms with Crippen LogP contribution in [0, 0.1) is 12.8 Å². The van der Waals surface area contributed by atoms with E-state index in [2.05, 4.69) is 47.3 Å². The maximum atomic E-state index is 13.3. The summed E-state index contributed by atoms with van der Waals surface area (Å²) in [6.07, 6.45) is 0.436. The Balaban J connectivity index is 2.06. The minimum Gasteiger partial charge on any atom is -0.465 e. The lowest BCUT2D eigenvalue weighted by molar-refractivity contribution is 0.101. The van der Waals surface area contributed by atoms with E-state index in [1.54, 1.807) is 37.4 Å². The van der Waals surface area contributed by atoms with E-state index < -0.39 is 12.0 Å². The highest BCUT2D eigenvalue weighted by atomic mass is 79.9. The van der Waals surface area contributed by atoms with Crippen LogP contribution in [0.5, 0.6) is 0 Å². The van der Waals surface area contributed by atoms with E-state index in [-0.39, 0.29) is 18.2 Å². The summed E-state index contributed by atoms with van der Waals surface area (Å²) in [5, 5.41) is 17.3. The van der Waals surface area contributed by atoms with Gasteiger partial charge in [0.15, 0.2) is 5.82 Å². The number of anilines is 2. The van der Waals surface area contributed by atoms with Gasteiger partial charge in [0.05, 0.1) is 16.4 Å². The summed E-state index contributed by atoms with van der Waals surface area (Å²) in [4.78, 5) is 30.7. The minimum atomic E-state index is -1.11. The minimum absolute atomic E-state index is 0.0811. The molecule has 3 rings (SSSR count). The van der Waals surface area contributed by atoms with Crippen LogP contribution in [0.3, 0.4) is 0 Å². The number of carbonyl (C=O) groups excluding carboxylic acids is 1. The van der Waals surface area contributed by atoms with Gasteiger partial charge in [-0.05, 0) is 58.6 Å². The van der Waals surface area contributed by atoms with Crippen LogP contribution in [0.25, 0.3) is 5.82 Å². The van der Waals surface area contributed by atoms with Gasteiger partial charge in [0.2, 0.25) is 0 Å². The molecule has 0 unspecified atom stereocenters.